The number of likely N-dealkylation sites (N-methyl/N-ethyl adjacent to an activating group) is 1. The van der Waals surface area contributed by atoms with E-state index in [1.165, 1.54) is 0 Å². The fourth-order valence-corrected chi connectivity index (χ4v) is 2.57. The highest BCUT2D eigenvalue weighted by atomic mass is 16.5. The van der Waals surface area contributed by atoms with Gasteiger partial charge in [0.25, 0.3) is 5.91 Å². The van der Waals surface area contributed by atoms with Crippen molar-refractivity contribution in [1.29, 1.82) is 0 Å². The Bertz CT molecular complexity index is 692. The first-order chi connectivity index (χ1) is 11.4. The normalized spacial score (nSPS) is 12.3. The lowest BCUT2D eigenvalue weighted by molar-refractivity contribution is 0.0647. The molecule has 0 bridgehead atoms. The molecule has 1 aromatic carbocycles. The van der Waals surface area contributed by atoms with Crippen LogP contribution in [0.3, 0.4) is 0 Å². The van der Waals surface area contributed by atoms with Crippen LogP contribution in [0.15, 0.2) is 30.3 Å². The molecule has 1 N–H and O–H groups in total. The van der Waals surface area contributed by atoms with Crippen LogP contribution in [0.2, 0.25) is 0 Å². The molecule has 1 heterocycles. The maximum atomic E-state index is 12.8. The number of methoxy groups -OCH3 is 1. The van der Waals surface area contributed by atoms with Crippen molar-refractivity contribution in [3.8, 4) is 5.75 Å². The van der Waals surface area contributed by atoms with Crippen molar-refractivity contribution in [2.75, 3.05) is 20.8 Å². The molecule has 0 spiro atoms. The minimum atomic E-state index is -0.430. The summed E-state index contributed by atoms with van der Waals surface area (Å²) in [5.74, 6) is 0.808. The van der Waals surface area contributed by atoms with E-state index >= 15 is 0 Å². The SMILES string of the molecule is COc1ccc(C(CO)N(C)C(=O)c2cc(C(C)C)nn2C)cc1. The van der Waals surface area contributed by atoms with Gasteiger partial charge in [-0.2, -0.15) is 5.10 Å². The number of benzene rings is 1. The highest BCUT2D eigenvalue weighted by Crippen LogP contribution is 2.24. The Morgan fingerprint density at radius 2 is 1.96 bits per heavy atom. The van der Waals surface area contributed by atoms with Gasteiger partial charge in [0.15, 0.2) is 0 Å². The molecule has 0 aliphatic rings. The molecule has 2 aromatic rings. The lowest BCUT2D eigenvalue weighted by Gasteiger charge is -2.27. The summed E-state index contributed by atoms with van der Waals surface area (Å²) in [5.41, 5.74) is 2.23. The first kappa shape index (κ1) is 18.0. The van der Waals surface area contributed by atoms with Gasteiger partial charge in [-0.3, -0.25) is 9.48 Å². The molecule has 0 aliphatic heterocycles. The maximum Gasteiger partial charge on any atom is 0.272 e. The number of carbonyl (C=O) groups excluding carboxylic acids is 1. The van der Waals surface area contributed by atoms with Crippen LogP contribution >= 0.6 is 0 Å². The number of aromatic nitrogens is 2. The maximum absolute atomic E-state index is 12.8. The van der Waals surface area contributed by atoms with Crippen LogP contribution in [0.25, 0.3) is 0 Å². The number of aliphatic hydroxyl groups excluding tert-OH is 1. The summed E-state index contributed by atoms with van der Waals surface area (Å²) in [5, 5.41) is 14.2. The summed E-state index contributed by atoms with van der Waals surface area (Å²) in [6.07, 6.45) is 0. The van der Waals surface area contributed by atoms with Crippen molar-refractivity contribution in [3.63, 3.8) is 0 Å². The van der Waals surface area contributed by atoms with Gasteiger partial charge in [0.05, 0.1) is 25.5 Å². The van der Waals surface area contributed by atoms with Gasteiger partial charge >= 0.3 is 0 Å². The summed E-state index contributed by atoms with van der Waals surface area (Å²) in [4.78, 5) is 14.4. The Kier molecular flexibility index (Phi) is 5.62. The number of aryl methyl sites for hydroxylation is 1. The Hall–Kier alpha value is -2.34. The lowest BCUT2D eigenvalue weighted by atomic mass is 10.1. The highest BCUT2D eigenvalue weighted by molar-refractivity contribution is 5.92. The van der Waals surface area contributed by atoms with E-state index in [4.69, 9.17) is 4.74 Å². The first-order valence-electron chi connectivity index (χ1n) is 7.95. The Balaban J connectivity index is 2.26. The topological polar surface area (TPSA) is 67.6 Å². The third-order valence-electron chi connectivity index (χ3n) is 4.17. The van der Waals surface area contributed by atoms with E-state index in [9.17, 15) is 9.90 Å². The molecule has 1 aromatic heterocycles. The molecule has 24 heavy (non-hydrogen) atoms. The minimum absolute atomic E-state index is 0.163. The molecule has 1 unspecified atom stereocenters. The largest absolute Gasteiger partial charge is 0.497 e. The molecule has 6 nitrogen and oxygen atoms in total. The van der Waals surface area contributed by atoms with Gasteiger partial charge in [-0.15, -0.1) is 0 Å². The second-order valence-electron chi connectivity index (χ2n) is 6.12. The summed E-state index contributed by atoms with van der Waals surface area (Å²) in [6.45, 7) is 3.91. The van der Waals surface area contributed by atoms with Crippen molar-refractivity contribution in [2.24, 2.45) is 7.05 Å². The number of amides is 1. The average Bonchev–Trinajstić information content (AvgIpc) is 2.97. The Morgan fingerprint density at radius 1 is 1.33 bits per heavy atom. The molecule has 1 atom stereocenters. The molecule has 1 amide bonds. The molecule has 0 aliphatic carbocycles. The van der Waals surface area contributed by atoms with E-state index in [1.807, 2.05) is 44.2 Å². The quantitative estimate of drug-likeness (QED) is 0.882. The van der Waals surface area contributed by atoms with E-state index in [2.05, 4.69) is 5.10 Å². The zero-order valence-corrected chi connectivity index (χ0v) is 14.9. The van der Waals surface area contributed by atoms with Gasteiger partial charge in [-0.05, 0) is 29.7 Å². The molecule has 6 heteroatoms. The van der Waals surface area contributed by atoms with Gasteiger partial charge in [0.1, 0.15) is 11.4 Å². The number of hydrogen-bond donors (Lipinski definition) is 1. The number of ether oxygens (including phenoxy) is 1. The van der Waals surface area contributed by atoms with Crippen LogP contribution in [0.1, 0.15) is 47.6 Å². The third kappa shape index (κ3) is 3.59. The van der Waals surface area contributed by atoms with Crippen molar-refractivity contribution in [3.05, 3.63) is 47.3 Å². The number of carbonyl (C=O) groups is 1. The number of aliphatic hydroxyl groups is 1. The lowest BCUT2D eigenvalue weighted by Crippen LogP contribution is -2.34. The molecule has 130 valence electrons. The smallest absolute Gasteiger partial charge is 0.272 e. The number of hydrogen-bond acceptors (Lipinski definition) is 4. The highest BCUT2D eigenvalue weighted by Gasteiger charge is 2.25. The molecule has 0 radical (unpaired) electrons. The predicted molar refractivity (Wildman–Crippen MR) is 92.2 cm³/mol. The second kappa shape index (κ2) is 7.49. The summed E-state index contributed by atoms with van der Waals surface area (Å²) < 4.78 is 6.74. The first-order valence-corrected chi connectivity index (χ1v) is 7.95. The van der Waals surface area contributed by atoms with Gasteiger partial charge in [-0.1, -0.05) is 26.0 Å². The molecule has 2 rings (SSSR count). The van der Waals surface area contributed by atoms with Crippen LogP contribution in [-0.2, 0) is 7.05 Å². The fraction of sp³-hybridized carbons (Fsp3) is 0.444. The molecule has 0 saturated carbocycles. The van der Waals surface area contributed by atoms with Crippen LogP contribution in [0, 0.1) is 0 Å². The van der Waals surface area contributed by atoms with Gasteiger partial charge in [-0.25, -0.2) is 0 Å². The van der Waals surface area contributed by atoms with E-state index in [0.717, 1.165) is 17.0 Å². The van der Waals surface area contributed by atoms with Crippen molar-refractivity contribution < 1.29 is 14.6 Å². The fourth-order valence-electron chi connectivity index (χ4n) is 2.57. The minimum Gasteiger partial charge on any atom is -0.497 e. The Morgan fingerprint density at radius 3 is 2.42 bits per heavy atom. The van der Waals surface area contributed by atoms with E-state index < -0.39 is 6.04 Å². The van der Waals surface area contributed by atoms with E-state index in [1.54, 1.807) is 30.8 Å². The third-order valence-corrected chi connectivity index (χ3v) is 4.17. The van der Waals surface area contributed by atoms with Crippen molar-refractivity contribution in [1.82, 2.24) is 14.7 Å². The van der Waals surface area contributed by atoms with Crippen LogP contribution < -0.4 is 4.74 Å². The zero-order chi connectivity index (χ0) is 17.9. The molecular weight excluding hydrogens is 306 g/mol. The van der Waals surface area contributed by atoms with Gasteiger partial charge in [0.2, 0.25) is 0 Å². The monoisotopic (exact) mass is 331 g/mol. The number of nitrogens with zero attached hydrogens (tertiary/aromatic N) is 3. The Labute approximate surface area is 142 Å². The van der Waals surface area contributed by atoms with Crippen molar-refractivity contribution >= 4 is 5.91 Å². The summed E-state index contributed by atoms with van der Waals surface area (Å²) in [7, 11) is 5.05. The molecule has 0 saturated heterocycles. The van der Waals surface area contributed by atoms with Crippen LogP contribution in [0.4, 0.5) is 0 Å². The summed E-state index contributed by atoms with van der Waals surface area (Å²) in [6, 6.07) is 8.72. The van der Waals surface area contributed by atoms with E-state index in [-0.39, 0.29) is 18.4 Å². The van der Waals surface area contributed by atoms with Crippen LogP contribution in [0.5, 0.6) is 5.75 Å². The standard InChI is InChI=1S/C18H25N3O3/c1-12(2)15-10-16(21(4)19-15)18(23)20(3)17(11-22)13-6-8-14(24-5)9-7-13/h6-10,12,17,22H,11H2,1-5H3. The second-order valence-corrected chi connectivity index (χ2v) is 6.12. The van der Waals surface area contributed by atoms with Crippen molar-refractivity contribution in [2.45, 2.75) is 25.8 Å². The van der Waals surface area contributed by atoms with Gasteiger partial charge < -0.3 is 14.7 Å². The molecular formula is C18H25N3O3. The average molecular weight is 331 g/mol. The predicted octanol–water partition coefficient (Wildman–Crippen LogP) is 2.36. The van der Waals surface area contributed by atoms with Crippen LogP contribution in [-0.4, -0.2) is 46.5 Å². The molecule has 0 fully saturated rings. The van der Waals surface area contributed by atoms with Gasteiger partial charge in [0, 0.05) is 14.1 Å². The zero-order valence-electron chi connectivity index (χ0n) is 14.9. The number of rotatable bonds is 6. The summed E-state index contributed by atoms with van der Waals surface area (Å²) >= 11 is 0. The van der Waals surface area contributed by atoms with E-state index in [0.29, 0.717) is 5.69 Å².